The molecule has 1 aromatic rings. The number of epoxide rings is 1. The van der Waals surface area contributed by atoms with Gasteiger partial charge in [0.15, 0.2) is 0 Å². The van der Waals surface area contributed by atoms with Crippen LogP contribution < -0.4 is 0 Å². The molecule has 7 heteroatoms. The maximum absolute atomic E-state index is 9.40. The summed E-state index contributed by atoms with van der Waals surface area (Å²) in [5.74, 6) is 0. The molecule has 0 bridgehead atoms. The van der Waals surface area contributed by atoms with Crippen LogP contribution in [0.1, 0.15) is 5.56 Å². The zero-order valence-corrected chi connectivity index (χ0v) is 15.6. The highest BCUT2D eigenvalue weighted by Crippen LogP contribution is 2.52. The fourth-order valence-electron chi connectivity index (χ4n) is 1.41. The molecule has 16 heavy (non-hydrogen) atoms. The van der Waals surface area contributed by atoms with Crippen LogP contribution in [0.15, 0.2) is 22.4 Å². The number of hydrogen-bond donors (Lipinski definition) is 1. The van der Waals surface area contributed by atoms with Crippen LogP contribution in [0.3, 0.4) is 0 Å². The Morgan fingerprint density at radius 3 is 1.62 bits per heavy atom. The molecule has 1 heterocycles. The van der Waals surface area contributed by atoms with Gasteiger partial charge in [-0.1, -0.05) is 0 Å². The van der Waals surface area contributed by atoms with E-state index in [1.54, 1.807) is 0 Å². The summed E-state index contributed by atoms with van der Waals surface area (Å²) >= 11 is 17.5. The van der Waals surface area contributed by atoms with Crippen LogP contribution in [0.5, 0.6) is 0 Å². The van der Waals surface area contributed by atoms with Crippen LogP contribution in [0.4, 0.5) is 0 Å². The number of aliphatic hydroxyl groups excluding tert-OH is 1. The summed E-state index contributed by atoms with van der Waals surface area (Å²) in [6.07, 6.45) is 0. The first-order chi connectivity index (χ1) is 7.44. The molecular formula is C9H5Br5O2. The van der Waals surface area contributed by atoms with E-state index in [0.29, 0.717) is 6.61 Å². The Morgan fingerprint density at radius 2 is 1.31 bits per heavy atom. The molecule has 0 amide bonds. The smallest absolute Gasteiger partial charge is 0.142 e. The van der Waals surface area contributed by atoms with E-state index >= 15 is 0 Å². The number of benzene rings is 1. The number of hydrogen-bond acceptors (Lipinski definition) is 2. The molecule has 1 fully saturated rings. The van der Waals surface area contributed by atoms with Gasteiger partial charge in [-0.15, -0.1) is 0 Å². The molecule has 0 unspecified atom stereocenters. The summed E-state index contributed by atoms with van der Waals surface area (Å²) in [6.45, 7) is 0.492. The molecule has 1 atom stereocenters. The zero-order chi connectivity index (χ0) is 12.1. The predicted octanol–water partition coefficient (Wildman–Crippen LogP) is 4.72. The normalized spacial score (nSPS) is 23.6. The molecule has 2 nitrogen and oxygen atoms in total. The van der Waals surface area contributed by atoms with Crippen molar-refractivity contribution in [2.45, 2.75) is 5.60 Å². The first-order valence-corrected chi connectivity index (χ1v) is 8.18. The van der Waals surface area contributed by atoms with Gasteiger partial charge in [-0.3, -0.25) is 0 Å². The van der Waals surface area contributed by atoms with Crippen LogP contribution in [-0.4, -0.2) is 18.3 Å². The van der Waals surface area contributed by atoms with Gasteiger partial charge in [-0.25, -0.2) is 0 Å². The van der Waals surface area contributed by atoms with Crippen molar-refractivity contribution in [3.63, 3.8) is 0 Å². The summed E-state index contributed by atoms with van der Waals surface area (Å²) in [5.41, 5.74) is 0.334. The monoisotopic (exact) mass is 540 g/mol. The van der Waals surface area contributed by atoms with E-state index in [9.17, 15) is 5.11 Å². The van der Waals surface area contributed by atoms with Gasteiger partial charge < -0.3 is 9.84 Å². The van der Waals surface area contributed by atoms with Crippen molar-refractivity contribution in [2.75, 3.05) is 13.2 Å². The minimum atomic E-state index is -0.580. The van der Waals surface area contributed by atoms with E-state index in [1.807, 2.05) is 0 Å². The SMILES string of the molecule is OC[C@]1(c2c(Br)c(Br)c(Br)c(Br)c2Br)CO1. The van der Waals surface area contributed by atoms with E-state index in [-0.39, 0.29) is 6.61 Å². The summed E-state index contributed by atoms with van der Waals surface area (Å²) in [4.78, 5) is 0. The van der Waals surface area contributed by atoms with E-state index in [1.165, 1.54) is 0 Å². The molecule has 0 aliphatic carbocycles. The highest BCUT2D eigenvalue weighted by molar-refractivity contribution is 9.15. The molecule has 0 spiro atoms. The second kappa shape index (κ2) is 4.90. The Labute approximate surface area is 135 Å². The van der Waals surface area contributed by atoms with Gasteiger partial charge in [0.1, 0.15) is 5.60 Å². The molecule has 1 aromatic carbocycles. The predicted molar refractivity (Wildman–Crippen MR) is 79.7 cm³/mol. The van der Waals surface area contributed by atoms with Gasteiger partial charge >= 0.3 is 0 Å². The average Bonchev–Trinajstić information content (AvgIpc) is 3.05. The van der Waals surface area contributed by atoms with Crippen LogP contribution in [0.25, 0.3) is 0 Å². The molecule has 1 aliphatic heterocycles. The Bertz CT molecular complexity index is 427. The van der Waals surface area contributed by atoms with Crippen molar-refractivity contribution < 1.29 is 9.84 Å². The topological polar surface area (TPSA) is 32.8 Å². The number of aliphatic hydroxyl groups is 1. The molecule has 2 rings (SSSR count). The summed E-state index contributed by atoms with van der Waals surface area (Å²) in [7, 11) is 0. The van der Waals surface area contributed by atoms with Gasteiger partial charge in [0.05, 0.1) is 13.2 Å². The largest absolute Gasteiger partial charge is 0.393 e. The third-order valence-corrected chi connectivity index (χ3v) is 8.51. The van der Waals surface area contributed by atoms with Crippen LogP contribution in [0, 0.1) is 0 Å². The summed E-state index contributed by atoms with van der Waals surface area (Å²) < 4.78 is 9.81. The molecule has 1 aliphatic rings. The Kier molecular flexibility index (Phi) is 4.28. The second-order valence-corrected chi connectivity index (χ2v) is 7.35. The molecule has 0 aromatic heterocycles. The minimum Gasteiger partial charge on any atom is -0.393 e. The second-order valence-electron chi connectivity index (χ2n) is 3.39. The van der Waals surface area contributed by atoms with E-state index in [2.05, 4.69) is 79.6 Å². The molecule has 0 saturated carbocycles. The van der Waals surface area contributed by atoms with Crippen LogP contribution >= 0.6 is 79.6 Å². The summed E-state index contributed by atoms with van der Waals surface area (Å²) in [6, 6.07) is 0. The van der Waals surface area contributed by atoms with E-state index in [4.69, 9.17) is 4.74 Å². The standard InChI is InChI=1S/C9H5Br5O2/c10-4-3(9(1-15)2-16-9)5(11)7(13)8(14)6(4)12/h15H,1-2H2/t9-/m1/s1. The molecule has 1 N–H and O–H groups in total. The van der Waals surface area contributed by atoms with E-state index < -0.39 is 5.60 Å². The lowest BCUT2D eigenvalue weighted by Gasteiger charge is -2.17. The fourth-order valence-corrected chi connectivity index (χ4v) is 5.18. The van der Waals surface area contributed by atoms with Crippen LogP contribution in [-0.2, 0) is 10.3 Å². The number of halogens is 5. The highest BCUT2D eigenvalue weighted by Gasteiger charge is 2.49. The van der Waals surface area contributed by atoms with Gasteiger partial charge in [0.2, 0.25) is 0 Å². The molecule has 1 saturated heterocycles. The lowest BCUT2D eigenvalue weighted by Crippen LogP contribution is -2.16. The van der Waals surface area contributed by atoms with Gasteiger partial charge in [0, 0.05) is 27.9 Å². The zero-order valence-electron chi connectivity index (χ0n) is 7.66. The van der Waals surface area contributed by atoms with Gasteiger partial charge in [-0.2, -0.15) is 0 Å². The lowest BCUT2D eigenvalue weighted by atomic mass is 10.0. The fraction of sp³-hybridized carbons (Fsp3) is 0.333. The lowest BCUT2D eigenvalue weighted by molar-refractivity contribution is 0.171. The van der Waals surface area contributed by atoms with Crippen molar-refractivity contribution in [1.29, 1.82) is 0 Å². The first kappa shape index (κ1) is 14.0. The van der Waals surface area contributed by atoms with Gasteiger partial charge in [-0.05, 0) is 79.6 Å². The molecule has 0 radical (unpaired) electrons. The number of rotatable bonds is 2. The van der Waals surface area contributed by atoms with Gasteiger partial charge in [0.25, 0.3) is 0 Å². The Morgan fingerprint density at radius 1 is 0.938 bits per heavy atom. The van der Waals surface area contributed by atoms with Crippen LogP contribution in [0.2, 0.25) is 0 Å². The third kappa shape index (κ3) is 2.10. The maximum Gasteiger partial charge on any atom is 0.142 e. The van der Waals surface area contributed by atoms with Crippen molar-refractivity contribution in [3.8, 4) is 0 Å². The van der Waals surface area contributed by atoms with Crippen molar-refractivity contribution >= 4 is 79.6 Å². The van der Waals surface area contributed by atoms with E-state index in [0.717, 1.165) is 27.9 Å². The Balaban J connectivity index is 2.71. The van der Waals surface area contributed by atoms with Crippen molar-refractivity contribution in [1.82, 2.24) is 0 Å². The van der Waals surface area contributed by atoms with Crippen molar-refractivity contribution in [3.05, 3.63) is 27.9 Å². The molecular weight excluding hydrogens is 540 g/mol. The maximum atomic E-state index is 9.40. The first-order valence-electron chi connectivity index (χ1n) is 4.21. The Hall–Kier alpha value is 1.54. The minimum absolute atomic E-state index is 0.0370. The third-order valence-electron chi connectivity index (χ3n) is 2.41. The van der Waals surface area contributed by atoms with Crippen molar-refractivity contribution in [2.24, 2.45) is 0 Å². The number of ether oxygens (including phenoxy) is 1. The average molecular weight is 545 g/mol. The quantitative estimate of drug-likeness (QED) is 0.332. The highest BCUT2D eigenvalue weighted by atomic mass is 79.9. The summed E-state index contributed by atoms with van der Waals surface area (Å²) in [5, 5.41) is 9.40. The molecule has 88 valence electrons.